The van der Waals surface area contributed by atoms with E-state index < -0.39 is 0 Å². The van der Waals surface area contributed by atoms with Gasteiger partial charge in [-0.3, -0.25) is 4.98 Å². The highest BCUT2D eigenvalue weighted by atomic mass is 16.5. The molecule has 2 N–H and O–H groups in total. The predicted octanol–water partition coefficient (Wildman–Crippen LogP) is 2.10. The number of nitrogens with two attached hydrogens (primary N) is 1. The molecule has 2 rings (SSSR count). The molecule has 0 saturated carbocycles. The number of aromatic nitrogens is 1. The fraction of sp³-hybridized carbons (Fsp3) is 0.308. The number of pyridine rings is 1. The van der Waals surface area contributed by atoms with Crippen LogP contribution >= 0.6 is 0 Å². The summed E-state index contributed by atoms with van der Waals surface area (Å²) < 4.78 is 5.56. The minimum Gasteiger partial charge on any atom is -0.377 e. The first kappa shape index (κ1) is 11.0. The van der Waals surface area contributed by atoms with Crippen LogP contribution in [0.2, 0.25) is 0 Å². The number of para-hydroxylation sites is 1. The Morgan fingerprint density at radius 2 is 2.06 bits per heavy atom. The van der Waals surface area contributed by atoms with E-state index in [0.717, 1.165) is 17.3 Å². The molecule has 0 aliphatic heterocycles. The highest BCUT2D eigenvalue weighted by Gasteiger charge is 2.00. The maximum atomic E-state index is 5.56. The molecule has 0 radical (unpaired) electrons. The van der Waals surface area contributed by atoms with Crippen LogP contribution in [0.5, 0.6) is 0 Å². The van der Waals surface area contributed by atoms with Crippen molar-refractivity contribution in [3.05, 3.63) is 42.1 Å². The van der Waals surface area contributed by atoms with E-state index in [9.17, 15) is 0 Å². The van der Waals surface area contributed by atoms with Crippen molar-refractivity contribution in [3.8, 4) is 0 Å². The topological polar surface area (TPSA) is 48.1 Å². The summed E-state index contributed by atoms with van der Waals surface area (Å²) in [4.78, 5) is 4.31. The van der Waals surface area contributed by atoms with Crippen LogP contribution < -0.4 is 5.73 Å². The van der Waals surface area contributed by atoms with Crippen molar-refractivity contribution in [3.63, 3.8) is 0 Å². The van der Waals surface area contributed by atoms with E-state index in [2.05, 4.69) is 11.1 Å². The number of rotatable bonds is 5. The second kappa shape index (κ2) is 5.58. The van der Waals surface area contributed by atoms with Crippen molar-refractivity contribution in [2.75, 3.05) is 13.2 Å². The van der Waals surface area contributed by atoms with E-state index in [4.69, 9.17) is 10.5 Å². The van der Waals surface area contributed by atoms with Crippen LogP contribution in [0.25, 0.3) is 10.9 Å². The average Bonchev–Trinajstić information content (AvgIpc) is 2.35. The number of hydrogen-bond acceptors (Lipinski definition) is 3. The van der Waals surface area contributed by atoms with Crippen molar-refractivity contribution in [1.29, 1.82) is 0 Å². The molecule has 0 amide bonds. The first-order chi connectivity index (χ1) is 7.92. The standard InChI is InChI=1S/C13H16N2O/c14-7-3-9-16-10-11-6-8-15-13-5-2-1-4-12(11)13/h1-2,4-6,8H,3,7,9-10,14H2. The molecule has 1 aromatic heterocycles. The van der Waals surface area contributed by atoms with E-state index in [1.807, 2.05) is 30.5 Å². The molecule has 0 unspecified atom stereocenters. The Morgan fingerprint density at radius 1 is 1.19 bits per heavy atom. The predicted molar refractivity (Wildman–Crippen MR) is 65.1 cm³/mol. The number of ether oxygens (including phenoxy) is 1. The van der Waals surface area contributed by atoms with Gasteiger partial charge in [0.15, 0.2) is 0 Å². The maximum absolute atomic E-state index is 5.56. The fourth-order valence-electron chi connectivity index (χ4n) is 1.65. The molecule has 1 aromatic carbocycles. The third-order valence-electron chi connectivity index (χ3n) is 2.49. The molecule has 3 heteroatoms. The molecule has 16 heavy (non-hydrogen) atoms. The van der Waals surface area contributed by atoms with Crippen LogP contribution in [0.15, 0.2) is 36.5 Å². The molecule has 3 nitrogen and oxygen atoms in total. The third kappa shape index (κ3) is 2.56. The van der Waals surface area contributed by atoms with Crippen LogP contribution in [0.4, 0.5) is 0 Å². The lowest BCUT2D eigenvalue weighted by Gasteiger charge is -2.06. The smallest absolute Gasteiger partial charge is 0.0723 e. The second-order valence-corrected chi connectivity index (χ2v) is 3.68. The molecule has 0 spiro atoms. The average molecular weight is 216 g/mol. The van der Waals surface area contributed by atoms with E-state index in [1.165, 1.54) is 5.56 Å². The highest BCUT2D eigenvalue weighted by Crippen LogP contribution is 2.16. The molecule has 0 atom stereocenters. The highest BCUT2D eigenvalue weighted by molar-refractivity contribution is 5.81. The first-order valence-corrected chi connectivity index (χ1v) is 5.52. The zero-order chi connectivity index (χ0) is 11.2. The summed E-state index contributed by atoms with van der Waals surface area (Å²) in [6, 6.07) is 10.1. The van der Waals surface area contributed by atoms with Gasteiger partial charge in [0.2, 0.25) is 0 Å². The molecule has 0 aliphatic rings. The summed E-state index contributed by atoms with van der Waals surface area (Å²) in [5.41, 5.74) is 7.61. The first-order valence-electron chi connectivity index (χ1n) is 5.52. The largest absolute Gasteiger partial charge is 0.377 e. The van der Waals surface area contributed by atoms with Crippen LogP contribution in [0.1, 0.15) is 12.0 Å². The van der Waals surface area contributed by atoms with Crippen molar-refractivity contribution in [2.45, 2.75) is 13.0 Å². The van der Waals surface area contributed by atoms with E-state index in [0.29, 0.717) is 19.8 Å². The summed E-state index contributed by atoms with van der Waals surface area (Å²) in [5, 5.41) is 1.16. The van der Waals surface area contributed by atoms with Gasteiger partial charge in [-0.05, 0) is 30.7 Å². The second-order valence-electron chi connectivity index (χ2n) is 3.68. The van der Waals surface area contributed by atoms with Crippen LogP contribution in [-0.4, -0.2) is 18.1 Å². The molecule has 0 fully saturated rings. The lowest BCUT2D eigenvalue weighted by Crippen LogP contribution is -2.04. The summed E-state index contributed by atoms with van der Waals surface area (Å²) in [6.07, 6.45) is 2.73. The molecule has 84 valence electrons. The SMILES string of the molecule is NCCCOCc1ccnc2ccccc12. The summed E-state index contributed by atoms with van der Waals surface area (Å²) in [5.74, 6) is 0. The van der Waals surface area contributed by atoms with Gasteiger partial charge in [0, 0.05) is 18.2 Å². The van der Waals surface area contributed by atoms with Gasteiger partial charge >= 0.3 is 0 Å². The summed E-state index contributed by atoms with van der Waals surface area (Å²) in [7, 11) is 0. The zero-order valence-corrected chi connectivity index (χ0v) is 9.23. The Kier molecular flexibility index (Phi) is 3.86. The third-order valence-corrected chi connectivity index (χ3v) is 2.49. The van der Waals surface area contributed by atoms with Crippen molar-refractivity contribution in [1.82, 2.24) is 4.98 Å². The summed E-state index contributed by atoms with van der Waals surface area (Å²) >= 11 is 0. The Balaban J connectivity index is 2.11. The van der Waals surface area contributed by atoms with Crippen LogP contribution in [0.3, 0.4) is 0 Å². The quantitative estimate of drug-likeness (QED) is 0.779. The van der Waals surface area contributed by atoms with Crippen molar-refractivity contribution < 1.29 is 4.74 Å². The fourth-order valence-corrected chi connectivity index (χ4v) is 1.65. The Hall–Kier alpha value is -1.45. The minimum absolute atomic E-state index is 0.628. The molecule has 1 heterocycles. The number of benzene rings is 1. The zero-order valence-electron chi connectivity index (χ0n) is 9.23. The lowest BCUT2D eigenvalue weighted by molar-refractivity contribution is 0.121. The lowest BCUT2D eigenvalue weighted by atomic mass is 10.1. The van der Waals surface area contributed by atoms with Gasteiger partial charge in [0.05, 0.1) is 12.1 Å². The van der Waals surface area contributed by atoms with Gasteiger partial charge in [-0.2, -0.15) is 0 Å². The van der Waals surface area contributed by atoms with E-state index >= 15 is 0 Å². The van der Waals surface area contributed by atoms with Gasteiger partial charge in [0.1, 0.15) is 0 Å². The molecule has 2 aromatic rings. The minimum atomic E-state index is 0.628. The molecule has 0 aliphatic carbocycles. The van der Waals surface area contributed by atoms with Crippen LogP contribution in [-0.2, 0) is 11.3 Å². The van der Waals surface area contributed by atoms with E-state index in [1.54, 1.807) is 0 Å². The monoisotopic (exact) mass is 216 g/mol. The molecular weight excluding hydrogens is 200 g/mol. The Morgan fingerprint density at radius 3 is 2.94 bits per heavy atom. The van der Waals surface area contributed by atoms with E-state index in [-0.39, 0.29) is 0 Å². The van der Waals surface area contributed by atoms with Crippen LogP contribution in [0, 0.1) is 0 Å². The van der Waals surface area contributed by atoms with Gasteiger partial charge in [0.25, 0.3) is 0 Å². The number of nitrogens with zero attached hydrogens (tertiary/aromatic N) is 1. The Labute approximate surface area is 95.2 Å². The number of hydrogen-bond donors (Lipinski definition) is 1. The summed E-state index contributed by atoms with van der Waals surface area (Å²) in [6.45, 7) is 2.02. The van der Waals surface area contributed by atoms with Gasteiger partial charge in [-0.1, -0.05) is 18.2 Å². The molecule has 0 saturated heterocycles. The normalized spacial score (nSPS) is 10.8. The maximum Gasteiger partial charge on any atom is 0.0723 e. The van der Waals surface area contributed by atoms with Gasteiger partial charge in [-0.25, -0.2) is 0 Å². The van der Waals surface area contributed by atoms with Gasteiger partial charge in [-0.15, -0.1) is 0 Å². The van der Waals surface area contributed by atoms with Gasteiger partial charge < -0.3 is 10.5 Å². The van der Waals surface area contributed by atoms with Crippen molar-refractivity contribution in [2.24, 2.45) is 5.73 Å². The molecular formula is C13H16N2O. The number of fused-ring (bicyclic) bond motifs is 1. The molecule has 0 bridgehead atoms. The van der Waals surface area contributed by atoms with Crippen molar-refractivity contribution >= 4 is 10.9 Å². The Bertz CT molecular complexity index is 451.